The number of ether oxygens (including phenoxy) is 1. The molecule has 2 saturated heterocycles. The summed E-state index contributed by atoms with van der Waals surface area (Å²) in [6.45, 7) is 2.36. The number of rotatable bonds is 6. The molecule has 4 rings (SSSR count). The first-order valence-corrected chi connectivity index (χ1v) is 10.4. The van der Waals surface area contributed by atoms with E-state index in [0.717, 1.165) is 4.90 Å². The van der Waals surface area contributed by atoms with Crippen LogP contribution in [0.2, 0.25) is 0 Å². The van der Waals surface area contributed by atoms with Gasteiger partial charge in [-0.3, -0.25) is 24.7 Å². The molecule has 3 N–H and O–H groups in total. The van der Waals surface area contributed by atoms with E-state index in [1.165, 1.54) is 21.0 Å². The lowest BCUT2D eigenvalue weighted by Crippen LogP contribution is -2.51. The van der Waals surface area contributed by atoms with E-state index in [9.17, 15) is 24.0 Å². The molecular formula is C23H23N5O6. The SMILES string of the molecule is COc1ccc(C2(C)NC(=O)N(CC(=O)NN3C(=O)NC(C)(c4ccccc4)C3=O)C2=O)cc1. The normalized spacial score (nSPS) is 24.2. The maximum atomic E-state index is 13.1. The van der Waals surface area contributed by atoms with Gasteiger partial charge in [-0.2, -0.15) is 5.01 Å². The average molecular weight is 465 g/mol. The Morgan fingerprint density at radius 2 is 1.41 bits per heavy atom. The van der Waals surface area contributed by atoms with E-state index in [1.807, 2.05) is 0 Å². The lowest BCUT2D eigenvalue weighted by Gasteiger charge is -2.23. The van der Waals surface area contributed by atoms with Gasteiger partial charge in [-0.05, 0) is 37.1 Å². The van der Waals surface area contributed by atoms with Crippen molar-refractivity contribution in [3.05, 3.63) is 65.7 Å². The minimum Gasteiger partial charge on any atom is -0.497 e. The monoisotopic (exact) mass is 465 g/mol. The number of hydrogen-bond acceptors (Lipinski definition) is 6. The summed E-state index contributed by atoms with van der Waals surface area (Å²) in [6.07, 6.45) is 0. The van der Waals surface area contributed by atoms with Crippen LogP contribution in [0.25, 0.3) is 0 Å². The summed E-state index contributed by atoms with van der Waals surface area (Å²) in [6, 6.07) is 13.5. The van der Waals surface area contributed by atoms with Crippen LogP contribution in [-0.4, -0.2) is 53.3 Å². The van der Waals surface area contributed by atoms with Crippen molar-refractivity contribution in [3.63, 3.8) is 0 Å². The minimum atomic E-state index is -1.39. The first kappa shape index (κ1) is 22.8. The Morgan fingerprint density at radius 3 is 2.03 bits per heavy atom. The van der Waals surface area contributed by atoms with Crippen LogP contribution in [0.3, 0.4) is 0 Å². The van der Waals surface area contributed by atoms with E-state index >= 15 is 0 Å². The van der Waals surface area contributed by atoms with Crippen molar-refractivity contribution in [3.8, 4) is 5.75 Å². The molecule has 0 spiro atoms. The predicted molar refractivity (Wildman–Crippen MR) is 118 cm³/mol. The number of amides is 7. The Hall–Kier alpha value is -4.41. The maximum absolute atomic E-state index is 13.1. The molecule has 2 atom stereocenters. The van der Waals surface area contributed by atoms with Gasteiger partial charge in [0, 0.05) is 0 Å². The van der Waals surface area contributed by atoms with Crippen LogP contribution < -0.4 is 20.8 Å². The molecule has 2 unspecified atom stereocenters. The molecule has 0 radical (unpaired) electrons. The second kappa shape index (κ2) is 8.18. The summed E-state index contributed by atoms with van der Waals surface area (Å²) in [5.74, 6) is -1.65. The van der Waals surface area contributed by atoms with E-state index in [1.54, 1.807) is 54.6 Å². The van der Waals surface area contributed by atoms with Gasteiger partial charge in [0.25, 0.3) is 17.7 Å². The van der Waals surface area contributed by atoms with Crippen LogP contribution in [0, 0.1) is 0 Å². The number of imide groups is 2. The molecule has 0 aliphatic carbocycles. The fourth-order valence-corrected chi connectivity index (χ4v) is 3.97. The van der Waals surface area contributed by atoms with Gasteiger partial charge in [-0.1, -0.05) is 42.5 Å². The van der Waals surface area contributed by atoms with E-state index < -0.39 is 47.4 Å². The van der Waals surface area contributed by atoms with Gasteiger partial charge in [0.1, 0.15) is 23.4 Å². The van der Waals surface area contributed by atoms with Gasteiger partial charge < -0.3 is 15.4 Å². The van der Waals surface area contributed by atoms with E-state index in [4.69, 9.17) is 4.74 Å². The number of hydrogen-bond donors (Lipinski definition) is 3. The number of carbonyl (C=O) groups is 5. The topological polar surface area (TPSA) is 137 Å². The van der Waals surface area contributed by atoms with Gasteiger partial charge in [0.05, 0.1) is 7.11 Å². The van der Waals surface area contributed by atoms with Crippen molar-refractivity contribution in [2.75, 3.05) is 13.7 Å². The highest BCUT2D eigenvalue weighted by molar-refractivity contribution is 6.10. The first-order valence-electron chi connectivity index (χ1n) is 10.4. The standard InChI is InChI=1S/C23H23N5O6/c1-22(15-9-11-16(34-3)12-10-15)18(30)27(20(32)24-22)13-17(29)26-28-19(31)23(2,25-21(28)33)14-7-5-4-6-8-14/h4-12H,13H2,1-3H3,(H,24,32)(H,25,33)(H,26,29). The van der Waals surface area contributed by atoms with Gasteiger partial charge in [-0.25, -0.2) is 9.59 Å². The first-order chi connectivity index (χ1) is 16.1. The molecule has 34 heavy (non-hydrogen) atoms. The fourth-order valence-electron chi connectivity index (χ4n) is 3.97. The van der Waals surface area contributed by atoms with E-state index in [2.05, 4.69) is 16.1 Å². The Bertz CT molecular complexity index is 1180. The highest BCUT2D eigenvalue weighted by atomic mass is 16.5. The van der Waals surface area contributed by atoms with Crippen molar-refractivity contribution in [1.82, 2.24) is 26.0 Å². The van der Waals surface area contributed by atoms with Crippen LogP contribution in [0.5, 0.6) is 5.75 Å². The largest absolute Gasteiger partial charge is 0.497 e. The van der Waals surface area contributed by atoms with Crippen LogP contribution in [0.15, 0.2) is 54.6 Å². The fraction of sp³-hybridized carbons (Fsp3) is 0.261. The summed E-state index contributed by atoms with van der Waals surface area (Å²) in [4.78, 5) is 64.3. The van der Waals surface area contributed by atoms with Crippen molar-refractivity contribution < 1.29 is 28.7 Å². The number of carbonyl (C=O) groups excluding carboxylic acids is 5. The van der Waals surface area contributed by atoms with Gasteiger partial charge in [0.2, 0.25) is 0 Å². The molecule has 2 aliphatic heterocycles. The zero-order chi connectivity index (χ0) is 24.7. The summed E-state index contributed by atoms with van der Waals surface area (Å²) < 4.78 is 5.11. The Labute approximate surface area is 195 Å². The third-order valence-corrected chi connectivity index (χ3v) is 6.02. The molecular weight excluding hydrogens is 442 g/mol. The number of nitrogens with zero attached hydrogens (tertiary/aromatic N) is 2. The summed E-state index contributed by atoms with van der Waals surface area (Å²) in [5.41, 5.74) is 0.466. The van der Waals surface area contributed by atoms with Crippen LogP contribution in [-0.2, 0) is 25.5 Å². The molecule has 2 heterocycles. The molecule has 176 valence electrons. The maximum Gasteiger partial charge on any atom is 0.344 e. The lowest BCUT2D eigenvalue weighted by atomic mass is 9.92. The second-order valence-electron chi connectivity index (χ2n) is 8.27. The minimum absolute atomic E-state index is 0.502. The Kier molecular flexibility index (Phi) is 5.48. The summed E-state index contributed by atoms with van der Waals surface area (Å²) in [5, 5.41) is 5.70. The second-order valence-corrected chi connectivity index (χ2v) is 8.27. The lowest BCUT2D eigenvalue weighted by molar-refractivity contribution is -0.140. The van der Waals surface area contributed by atoms with Crippen molar-refractivity contribution in [2.24, 2.45) is 0 Å². The Morgan fingerprint density at radius 1 is 0.853 bits per heavy atom. The molecule has 0 saturated carbocycles. The molecule has 2 fully saturated rings. The number of urea groups is 2. The van der Waals surface area contributed by atoms with Crippen LogP contribution >= 0.6 is 0 Å². The Balaban J connectivity index is 1.46. The van der Waals surface area contributed by atoms with Crippen LogP contribution in [0.1, 0.15) is 25.0 Å². The number of methoxy groups -OCH3 is 1. The molecule has 11 nitrogen and oxygen atoms in total. The molecule has 0 bridgehead atoms. The number of nitrogens with one attached hydrogen (secondary N) is 3. The summed E-state index contributed by atoms with van der Waals surface area (Å²) >= 11 is 0. The molecule has 7 amide bonds. The highest BCUT2D eigenvalue weighted by Crippen LogP contribution is 2.30. The van der Waals surface area contributed by atoms with Crippen molar-refractivity contribution in [1.29, 1.82) is 0 Å². The van der Waals surface area contributed by atoms with Gasteiger partial charge >= 0.3 is 12.1 Å². The third kappa shape index (κ3) is 3.60. The molecule has 0 aromatic heterocycles. The average Bonchev–Trinajstić information content (AvgIpc) is 3.19. The van der Waals surface area contributed by atoms with Crippen molar-refractivity contribution >= 4 is 29.8 Å². The molecule has 11 heteroatoms. The third-order valence-electron chi connectivity index (χ3n) is 6.02. The van der Waals surface area contributed by atoms with E-state index in [0.29, 0.717) is 21.9 Å². The van der Waals surface area contributed by atoms with Crippen molar-refractivity contribution in [2.45, 2.75) is 24.9 Å². The number of hydrazine groups is 1. The highest BCUT2D eigenvalue weighted by Gasteiger charge is 2.52. The molecule has 2 aliphatic rings. The van der Waals surface area contributed by atoms with Gasteiger partial charge in [-0.15, -0.1) is 0 Å². The predicted octanol–water partition coefficient (Wildman–Crippen LogP) is 0.961. The molecule has 2 aromatic carbocycles. The zero-order valence-electron chi connectivity index (χ0n) is 18.7. The van der Waals surface area contributed by atoms with Crippen LogP contribution in [0.4, 0.5) is 9.59 Å². The zero-order valence-corrected chi connectivity index (χ0v) is 18.7. The smallest absolute Gasteiger partial charge is 0.344 e. The van der Waals surface area contributed by atoms with E-state index in [-0.39, 0.29) is 0 Å². The quantitative estimate of drug-likeness (QED) is 0.544. The van der Waals surface area contributed by atoms with Gasteiger partial charge in [0.15, 0.2) is 0 Å². The summed E-state index contributed by atoms with van der Waals surface area (Å²) in [7, 11) is 1.51. The number of benzene rings is 2. The molecule has 2 aromatic rings.